The van der Waals surface area contributed by atoms with Crippen molar-refractivity contribution in [3.63, 3.8) is 0 Å². The minimum Gasteiger partial charge on any atom is -0.490 e. The van der Waals surface area contributed by atoms with Gasteiger partial charge in [0.2, 0.25) is 0 Å². The van der Waals surface area contributed by atoms with Gasteiger partial charge in [0.05, 0.1) is 12.6 Å². The van der Waals surface area contributed by atoms with Gasteiger partial charge in [-0.15, -0.1) is 24.0 Å². The Morgan fingerprint density at radius 3 is 2.69 bits per heavy atom. The Morgan fingerprint density at radius 2 is 2.00 bits per heavy atom. The molecule has 0 saturated heterocycles. The number of nitrogens with one attached hydrogen (secondary N) is 2. The van der Waals surface area contributed by atoms with Crippen LogP contribution in [0.3, 0.4) is 0 Å². The molecule has 1 heterocycles. The van der Waals surface area contributed by atoms with Crippen LogP contribution >= 0.6 is 24.0 Å². The maximum atomic E-state index is 12.9. The van der Waals surface area contributed by atoms with Gasteiger partial charge in [-0.25, -0.2) is 4.98 Å². The van der Waals surface area contributed by atoms with Gasteiger partial charge in [-0.3, -0.25) is 9.56 Å². The minimum absolute atomic E-state index is 0. The first-order valence-corrected chi connectivity index (χ1v) is 9.57. The van der Waals surface area contributed by atoms with E-state index in [0.717, 1.165) is 34.3 Å². The molecule has 2 aromatic rings. The minimum atomic E-state index is -2.61. The molecule has 0 unspecified atom stereocenters. The van der Waals surface area contributed by atoms with E-state index in [4.69, 9.17) is 4.74 Å². The van der Waals surface area contributed by atoms with Crippen molar-refractivity contribution in [1.82, 2.24) is 20.2 Å². The second kappa shape index (κ2) is 11.3. The molecule has 0 atom stereocenters. The van der Waals surface area contributed by atoms with Crippen LogP contribution in [-0.2, 0) is 13.1 Å². The Bertz CT molecular complexity index is 806. The van der Waals surface area contributed by atoms with E-state index < -0.39 is 6.55 Å². The predicted molar refractivity (Wildman–Crippen MR) is 120 cm³/mol. The van der Waals surface area contributed by atoms with E-state index in [1.807, 2.05) is 19.1 Å². The van der Waals surface area contributed by atoms with Crippen LogP contribution in [0.25, 0.3) is 0 Å². The van der Waals surface area contributed by atoms with Crippen LogP contribution in [0, 0.1) is 6.92 Å². The number of hydrogen-bond acceptors (Lipinski definition) is 3. The lowest BCUT2D eigenvalue weighted by Crippen LogP contribution is -2.37. The van der Waals surface area contributed by atoms with Crippen molar-refractivity contribution in [2.45, 2.75) is 58.3 Å². The molecular formula is C20H28F2IN5O. The fourth-order valence-electron chi connectivity index (χ4n) is 3.32. The van der Waals surface area contributed by atoms with E-state index >= 15 is 0 Å². The summed E-state index contributed by atoms with van der Waals surface area (Å²) in [5.74, 6) is 1.65. The lowest BCUT2D eigenvalue weighted by molar-refractivity contribution is 0.0668. The summed E-state index contributed by atoms with van der Waals surface area (Å²) in [5, 5.41) is 6.24. The molecule has 0 aliphatic heterocycles. The zero-order valence-corrected chi connectivity index (χ0v) is 19.0. The van der Waals surface area contributed by atoms with Crippen LogP contribution in [0.2, 0.25) is 0 Å². The van der Waals surface area contributed by atoms with E-state index in [9.17, 15) is 8.78 Å². The number of aromatic nitrogens is 2. The normalized spacial score (nSPS) is 14.7. The Balaban J connectivity index is 0.00000300. The summed E-state index contributed by atoms with van der Waals surface area (Å²) in [7, 11) is 1.64. The molecule has 9 heteroatoms. The average Bonchev–Trinajstić information content (AvgIpc) is 3.35. The number of aliphatic imine (C=N–C) groups is 1. The molecule has 1 aliphatic carbocycles. The second-order valence-corrected chi connectivity index (χ2v) is 6.94. The molecule has 160 valence electrons. The number of benzene rings is 1. The number of rotatable bonds is 7. The molecule has 2 N–H and O–H groups in total. The first-order chi connectivity index (χ1) is 13.6. The number of alkyl halides is 2. The molecular weight excluding hydrogens is 491 g/mol. The van der Waals surface area contributed by atoms with Crippen molar-refractivity contribution in [2.75, 3.05) is 7.05 Å². The van der Waals surface area contributed by atoms with Gasteiger partial charge in [0, 0.05) is 31.5 Å². The Hall–Kier alpha value is -1.91. The van der Waals surface area contributed by atoms with Gasteiger partial charge >= 0.3 is 6.55 Å². The van der Waals surface area contributed by atoms with E-state index in [1.165, 1.54) is 25.2 Å². The van der Waals surface area contributed by atoms with Crippen molar-refractivity contribution < 1.29 is 13.5 Å². The lowest BCUT2D eigenvalue weighted by Gasteiger charge is -2.18. The van der Waals surface area contributed by atoms with Crippen LogP contribution in [0.4, 0.5) is 8.78 Å². The number of imidazole rings is 1. The summed E-state index contributed by atoms with van der Waals surface area (Å²) < 4.78 is 32.9. The summed E-state index contributed by atoms with van der Waals surface area (Å²) in [6.45, 7) is 0.100. The van der Waals surface area contributed by atoms with Crippen LogP contribution in [-0.4, -0.2) is 28.7 Å². The number of guanidine groups is 1. The molecule has 0 spiro atoms. The molecule has 1 saturated carbocycles. The first-order valence-electron chi connectivity index (χ1n) is 9.57. The highest BCUT2D eigenvalue weighted by molar-refractivity contribution is 14.0. The Morgan fingerprint density at radius 1 is 1.28 bits per heavy atom. The van der Waals surface area contributed by atoms with Crippen LogP contribution in [0.1, 0.15) is 49.2 Å². The van der Waals surface area contributed by atoms with Gasteiger partial charge in [-0.05, 0) is 44.2 Å². The highest BCUT2D eigenvalue weighted by Gasteiger charge is 2.18. The van der Waals surface area contributed by atoms with E-state index in [-0.39, 0.29) is 42.4 Å². The van der Waals surface area contributed by atoms with Gasteiger partial charge < -0.3 is 15.4 Å². The number of halogens is 3. The summed E-state index contributed by atoms with van der Waals surface area (Å²) in [4.78, 5) is 8.12. The fourth-order valence-corrected chi connectivity index (χ4v) is 3.32. The third-order valence-electron chi connectivity index (χ3n) is 4.86. The molecule has 6 nitrogen and oxygen atoms in total. The SMILES string of the molecule is CN=C(NCc1ccc(C)cc1OC1CCCC1)NCc1nccn1C(F)F.I. The van der Waals surface area contributed by atoms with Crippen molar-refractivity contribution in [2.24, 2.45) is 4.99 Å². The smallest absolute Gasteiger partial charge is 0.319 e. The highest BCUT2D eigenvalue weighted by atomic mass is 127. The van der Waals surface area contributed by atoms with Crippen LogP contribution in [0.5, 0.6) is 5.75 Å². The first kappa shape index (κ1) is 23.4. The van der Waals surface area contributed by atoms with Gasteiger partial charge in [-0.2, -0.15) is 8.78 Å². The number of hydrogen-bond donors (Lipinski definition) is 2. The van der Waals surface area contributed by atoms with E-state index in [1.54, 1.807) is 7.05 Å². The van der Waals surface area contributed by atoms with Crippen molar-refractivity contribution in [3.8, 4) is 5.75 Å². The molecule has 1 fully saturated rings. The van der Waals surface area contributed by atoms with Crippen molar-refractivity contribution in [3.05, 3.63) is 47.5 Å². The maximum Gasteiger partial charge on any atom is 0.319 e. The van der Waals surface area contributed by atoms with Crippen LogP contribution < -0.4 is 15.4 Å². The predicted octanol–water partition coefficient (Wildman–Crippen LogP) is 4.39. The molecule has 0 amide bonds. The molecule has 1 aromatic heterocycles. The number of nitrogens with zero attached hydrogens (tertiary/aromatic N) is 3. The third-order valence-corrected chi connectivity index (χ3v) is 4.86. The summed E-state index contributed by atoms with van der Waals surface area (Å²) in [6.07, 6.45) is 7.53. The summed E-state index contributed by atoms with van der Waals surface area (Å²) >= 11 is 0. The average molecular weight is 519 g/mol. The highest BCUT2D eigenvalue weighted by Crippen LogP contribution is 2.27. The molecule has 0 radical (unpaired) electrons. The summed E-state index contributed by atoms with van der Waals surface area (Å²) in [6, 6.07) is 6.16. The number of aryl methyl sites for hydroxylation is 1. The maximum absolute atomic E-state index is 12.9. The van der Waals surface area contributed by atoms with Gasteiger partial charge in [0.1, 0.15) is 11.6 Å². The summed E-state index contributed by atoms with van der Waals surface area (Å²) in [5.41, 5.74) is 2.19. The number of ether oxygens (including phenoxy) is 1. The van der Waals surface area contributed by atoms with Crippen molar-refractivity contribution in [1.29, 1.82) is 0 Å². The van der Waals surface area contributed by atoms with Crippen LogP contribution in [0.15, 0.2) is 35.6 Å². The second-order valence-electron chi connectivity index (χ2n) is 6.94. The standard InChI is InChI=1S/C20H27F2N5O.HI/c1-14-7-8-15(17(11-14)28-16-5-3-4-6-16)12-25-20(23-2)26-13-18-24-9-10-27(18)19(21)22;/h7-11,16,19H,3-6,12-13H2,1-2H3,(H2,23,25,26);1H. The zero-order chi connectivity index (χ0) is 19.9. The molecule has 3 rings (SSSR count). The fraction of sp³-hybridized carbons (Fsp3) is 0.500. The van der Waals surface area contributed by atoms with Gasteiger partial charge in [0.25, 0.3) is 0 Å². The van der Waals surface area contributed by atoms with Gasteiger partial charge in [-0.1, -0.05) is 12.1 Å². The third kappa shape index (κ3) is 6.55. The van der Waals surface area contributed by atoms with Crippen molar-refractivity contribution >= 4 is 29.9 Å². The Kier molecular flexibility index (Phi) is 9.12. The Labute approximate surface area is 187 Å². The molecule has 1 aliphatic rings. The molecule has 1 aromatic carbocycles. The lowest BCUT2D eigenvalue weighted by atomic mass is 10.1. The largest absolute Gasteiger partial charge is 0.490 e. The quantitative estimate of drug-likeness (QED) is 0.324. The molecule has 29 heavy (non-hydrogen) atoms. The molecule has 0 bridgehead atoms. The zero-order valence-electron chi connectivity index (χ0n) is 16.7. The van der Waals surface area contributed by atoms with Gasteiger partial charge in [0.15, 0.2) is 5.96 Å². The van der Waals surface area contributed by atoms with E-state index in [2.05, 4.69) is 26.7 Å². The van der Waals surface area contributed by atoms with E-state index in [0.29, 0.717) is 12.5 Å². The monoisotopic (exact) mass is 519 g/mol. The topological polar surface area (TPSA) is 63.5 Å².